The first-order valence-corrected chi connectivity index (χ1v) is 7.65. The Hall–Kier alpha value is -1.45. The predicted octanol–water partition coefficient (Wildman–Crippen LogP) is 3.97. The average Bonchev–Trinajstić information content (AvgIpc) is 2.94. The van der Waals surface area contributed by atoms with E-state index in [9.17, 15) is 4.39 Å². The van der Waals surface area contributed by atoms with Crippen molar-refractivity contribution in [2.75, 3.05) is 23.8 Å². The number of hydrogen-bond donors (Lipinski definition) is 1. The molecule has 2 rings (SSSR count). The van der Waals surface area contributed by atoms with E-state index >= 15 is 0 Å². The van der Waals surface area contributed by atoms with Crippen molar-refractivity contribution in [1.82, 2.24) is 0 Å². The van der Waals surface area contributed by atoms with Crippen LogP contribution in [0.15, 0.2) is 12.1 Å². The van der Waals surface area contributed by atoms with Gasteiger partial charge in [-0.3, -0.25) is 0 Å². The van der Waals surface area contributed by atoms with Gasteiger partial charge in [0.2, 0.25) is 0 Å². The predicted molar refractivity (Wildman–Crippen MR) is 81.9 cm³/mol. The number of nitrogen functional groups attached to an aromatic ring is 1. The molecule has 1 aromatic rings. The minimum Gasteiger partial charge on any atom is -0.490 e. The van der Waals surface area contributed by atoms with Gasteiger partial charge in [-0.05, 0) is 26.2 Å². The first-order valence-electron chi connectivity index (χ1n) is 7.65. The van der Waals surface area contributed by atoms with Gasteiger partial charge in [-0.15, -0.1) is 0 Å². The smallest absolute Gasteiger partial charge is 0.167 e. The molecule has 0 aromatic heterocycles. The summed E-state index contributed by atoms with van der Waals surface area (Å²) in [5.41, 5.74) is 7.44. The Kier molecular flexibility index (Phi) is 5.10. The second-order valence-corrected chi connectivity index (χ2v) is 5.41. The molecular formula is C16H25FN2O. The molecule has 0 heterocycles. The molecule has 0 bridgehead atoms. The quantitative estimate of drug-likeness (QED) is 0.801. The van der Waals surface area contributed by atoms with Gasteiger partial charge in [0.1, 0.15) is 0 Å². The zero-order chi connectivity index (χ0) is 14.5. The molecule has 1 aliphatic carbocycles. The Labute approximate surface area is 120 Å². The van der Waals surface area contributed by atoms with Crippen molar-refractivity contribution in [2.45, 2.75) is 52.0 Å². The SMILES string of the molecule is CCCOc1cc(N(CC)C2CCCC2)c(N)cc1F. The van der Waals surface area contributed by atoms with Crippen LogP contribution in [-0.4, -0.2) is 19.2 Å². The third-order valence-electron chi connectivity index (χ3n) is 3.96. The monoisotopic (exact) mass is 280 g/mol. The number of ether oxygens (including phenoxy) is 1. The maximum Gasteiger partial charge on any atom is 0.167 e. The lowest BCUT2D eigenvalue weighted by Crippen LogP contribution is -2.33. The van der Waals surface area contributed by atoms with Crippen LogP contribution in [0.1, 0.15) is 46.0 Å². The van der Waals surface area contributed by atoms with Crippen molar-refractivity contribution in [3.05, 3.63) is 17.9 Å². The van der Waals surface area contributed by atoms with E-state index in [0.29, 0.717) is 24.1 Å². The highest BCUT2D eigenvalue weighted by Crippen LogP contribution is 2.35. The zero-order valence-corrected chi connectivity index (χ0v) is 12.5. The molecule has 4 heteroatoms. The van der Waals surface area contributed by atoms with Crippen molar-refractivity contribution in [1.29, 1.82) is 0 Å². The first-order chi connectivity index (χ1) is 9.67. The highest BCUT2D eigenvalue weighted by molar-refractivity contribution is 5.70. The summed E-state index contributed by atoms with van der Waals surface area (Å²) < 4.78 is 19.4. The molecule has 0 saturated heterocycles. The van der Waals surface area contributed by atoms with Crippen LogP contribution in [-0.2, 0) is 0 Å². The molecule has 1 fully saturated rings. The second kappa shape index (κ2) is 6.82. The van der Waals surface area contributed by atoms with Crippen molar-refractivity contribution >= 4 is 11.4 Å². The number of nitrogens with zero attached hydrogens (tertiary/aromatic N) is 1. The second-order valence-electron chi connectivity index (χ2n) is 5.41. The number of halogens is 1. The van der Waals surface area contributed by atoms with E-state index < -0.39 is 0 Å². The molecule has 1 aromatic carbocycles. The third kappa shape index (κ3) is 3.17. The van der Waals surface area contributed by atoms with Crippen LogP contribution in [0.2, 0.25) is 0 Å². The van der Waals surface area contributed by atoms with Crippen LogP contribution in [0, 0.1) is 5.82 Å². The van der Waals surface area contributed by atoms with Crippen LogP contribution >= 0.6 is 0 Å². The summed E-state index contributed by atoms with van der Waals surface area (Å²) in [6.07, 6.45) is 5.77. The number of rotatable bonds is 6. The molecule has 20 heavy (non-hydrogen) atoms. The molecule has 0 atom stereocenters. The van der Waals surface area contributed by atoms with E-state index in [0.717, 1.165) is 18.7 Å². The van der Waals surface area contributed by atoms with Gasteiger partial charge in [0, 0.05) is 24.7 Å². The van der Waals surface area contributed by atoms with Crippen LogP contribution in [0.5, 0.6) is 5.75 Å². The Bertz CT molecular complexity index is 444. The average molecular weight is 280 g/mol. The van der Waals surface area contributed by atoms with Gasteiger partial charge < -0.3 is 15.4 Å². The van der Waals surface area contributed by atoms with E-state index in [1.54, 1.807) is 6.07 Å². The topological polar surface area (TPSA) is 38.5 Å². The van der Waals surface area contributed by atoms with Gasteiger partial charge >= 0.3 is 0 Å². The standard InChI is InChI=1S/C16H25FN2O/c1-3-9-20-16-11-15(14(18)10-13(16)17)19(4-2)12-7-5-6-8-12/h10-12H,3-9,18H2,1-2H3. The Morgan fingerprint density at radius 2 is 2.00 bits per heavy atom. The molecular weight excluding hydrogens is 255 g/mol. The highest BCUT2D eigenvalue weighted by atomic mass is 19.1. The molecule has 1 aliphatic rings. The number of hydrogen-bond acceptors (Lipinski definition) is 3. The van der Waals surface area contributed by atoms with Gasteiger partial charge in [0.25, 0.3) is 0 Å². The lowest BCUT2D eigenvalue weighted by molar-refractivity contribution is 0.301. The summed E-state index contributed by atoms with van der Waals surface area (Å²) in [5.74, 6) is -0.0605. The Morgan fingerprint density at radius 3 is 2.60 bits per heavy atom. The fourth-order valence-corrected chi connectivity index (χ4v) is 2.97. The molecule has 0 radical (unpaired) electrons. The van der Waals surface area contributed by atoms with Crippen molar-refractivity contribution in [3.63, 3.8) is 0 Å². The minimum atomic E-state index is -0.373. The minimum absolute atomic E-state index is 0.312. The van der Waals surface area contributed by atoms with Crippen LogP contribution in [0.25, 0.3) is 0 Å². The summed E-state index contributed by atoms with van der Waals surface area (Å²) in [5, 5.41) is 0. The number of nitrogens with two attached hydrogens (primary N) is 1. The summed E-state index contributed by atoms with van der Waals surface area (Å²) in [4.78, 5) is 2.29. The van der Waals surface area contributed by atoms with E-state index in [4.69, 9.17) is 10.5 Å². The molecule has 3 nitrogen and oxygen atoms in total. The van der Waals surface area contributed by atoms with Crippen LogP contribution < -0.4 is 15.4 Å². The summed E-state index contributed by atoms with van der Waals surface area (Å²) in [7, 11) is 0. The maximum absolute atomic E-state index is 13.9. The van der Waals surface area contributed by atoms with Gasteiger partial charge in [0.05, 0.1) is 18.0 Å². The first kappa shape index (κ1) is 14.9. The summed E-state index contributed by atoms with van der Waals surface area (Å²) in [6, 6.07) is 3.67. The fraction of sp³-hybridized carbons (Fsp3) is 0.625. The zero-order valence-electron chi connectivity index (χ0n) is 12.5. The third-order valence-corrected chi connectivity index (χ3v) is 3.96. The van der Waals surface area contributed by atoms with Gasteiger partial charge in [-0.1, -0.05) is 19.8 Å². The Balaban J connectivity index is 2.28. The molecule has 0 aliphatic heterocycles. The molecule has 0 unspecified atom stereocenters. The normalized spacial score (nSPS) is 15.6. The largest absolute Gasteiger partial charge is 0.490 e. The van der Waals surface area contributed by atoms with Crippen LogP contribution in [0.3, 0.4) is 0 Å². The molecule has 112 valence electrons. The van der Waals surface area contributed by atoms with Crippen LogP contribution in [0.4, 0.5) is 15.8 Å². The van der Waals surface area contributed by atoms with E-state index in [-0.39, 0.29) is 5.82 Å². The van der Waals surface area contributed by atoms with Crippen molar-refractivity contribution in [2.24, 2.45) is 0 Å². The van der Waals surface area contributed by atoms with Gasteiger partial charge in [-0.2, -0.15) is 0 Å². The molecule has 1 saturated carbocycles. The fourth-order valence-electron chi connectivity index (χ4n) is 2.97. The number of benzene rings is 1. The molecule has 0 spiro atoms. The Morgan fingerprint density at radius 1 is 1.30 bits per heavy atom. The van der Waals surface area contributed by atoms with Crippen molar-refractivity contribution < 1.29 is 9.13 Å². The summed E-state index contributed by atoms with van der Waals surface area (Å²) in [6.45, 7) is 5.53. The lowest BCUT2D eigenvalue weighted by Gasteiger charge is -2.31. The van der Waals surface area contributed by atoms with E-state index in [1.807, 2.05) is 6.92 Å². The lowest BCUT2D eigenvalue weighted by atomic mass is 10.1. The van der Waals surface area contributed by atoms with Gasteiger partial charge in [0.15, 0.2) is 11.6 Å². The van der Waals surface area contributed by atoms with E-state index in [2.05, 4.69) is 11.8 Å². The molecule has 2 N–H and O–H groups in total. The van der Waals surface area contributed by atoms with Gasteiger partial charge in [-0.25, -0.2) is 4.39 Å². The molecule has 0 amide bonds. The van der Waals surface area contributed by atoms with E-state index in [1.165, 1.54) is 31.7 Å². The maximum atomic E-state index is 13.9. The number of anilines is 2. The van der Waals surface area contributed by atoms with Crippen molar-refractivity contribution in [3.8, 4) is 5.75 Å². The highest BCUT2D eigenvalue weighted by Gasteiger charge is 2.24. The summed E-state index contributed by atoms with van der Waals surface area (Å²) >= 11 is 0.